The van der Waals surface area contributed by atoms with Crippen molar-refractivity contribution in [1.29, 1.82) is 0 Å². The molecule has 1 unspecified atom stereocenters. The van der Waals surface area contributed by atoms with Crippen LogP contribution in [-0.2, 0) is 14.8 Å². The van der Waals surface area contributed by atoms with Crippen LogP contribution in [0, 0.1) is 0 Å². The van der Waals surface area contributed by atoms with E-state index in [1.54, 1.807) is 37.3 Å². The predicted octanol–water partition coefficient (Wildman–Crippen LogP) is 0.273. The Morgan fingerprint density at radius 2 is 1.76 bits per heavy atom. The highest BCUT2D eigenvalue weighted by molar-refractivity contribution is 7.89. The monoisotopic (exact) mass is 368 g/mol. The lowest BCUT2D eigenvalue weighted by Gasteiger charge is -2.35. The molecule has 1 heterocycles. The minimum absolute atomic E-state index is 0.171. The van der Waals surface area contributed by atoms with Crippen LogP contribution in [0.3, 0.4) is 0 Å². The molecular formula is C16H24N4O4S. The van der Waals surface area contributed by atoms with Crippen molar-refractivity contribution in [2.45, 2.75) is 36.7 Å². The van der Waals surface area contributed by atoms with E-state index in [-0.39, 0.29) is 16.8 Å². The first-order valence-corrected chi connectivity index (χ1v) is 9.66. The molecular weight excluding hydrogens is 344 g/mol. The summed E-state index contributed by atoms with van der Waals surface area (Å²) in [6.07, 6.45) is 1.20. The highest BCUT2D eigenvalue weighted by Gasteiger charge is 2.29. The summed E-state index contributed by atoms with van der Waals surface area (Å²) in [6, 6.07) is 7.09. The van der Waals surface area contributed by atoms with Crippen LogP contribution in [0.2, 0.25) is 0 Å². The number of amides is 3. The number of piperidine rings is 1. The molecule has 1 atom stereocenters. The van der Waals surface area contributed by atoms with Crippen LogP contribution in [0.15, 0.2) is 35.2 Å². The van der Waals surface area contributed by atoms with Gasteiger partial charge in [-0.2, -0.15) is 0 Å². The third-order valence-corrected chi connectivity index (χ3v) is 5.83. The number of imide groups is 1. The van der Waals surface area contributed by atoms with Crippen molar-refractivity contribution in [1.82, 2.24) is 20.3 Å². The maximum Gasteiger partial charge on any atom is 0.321 e. The molecule has 3 amide bonds. The first kappa shape index (κ1) is 19.4. The lowest BCUT2D eigenvalue weighted by atomic mass is 10.0. The molecule has 25 heavy (non-hydrogen) atoms. The Balaban J connectivity index is 1.87. The molecule has 1 aliphatic rings. The van der Waals surface area contributed by atoms with Crippen LogP contribution < -0.4 is 15.4 Å². The summed E-state index contributed by atoms with van der Waals surface area (Å²) in [5, 5.41) is 4.59. The van der Waals surface area contributed by atoms with Crippen molar-refractivity contribution in [3.63, 3.8) is 0 Å². The number of nitrogens with zero attached hydrogens (tertiary/aromatic N) is 1. The van der Waals surface area contributed by atoms with Crippen LogP contribution in [0.5, 0.6) is 0 Å². The molecule has 1 aromatic carbocycles. The number of hydrogen-bond acceptors (Lipinski definition) is 5. The summed E-state index contributed by atoms with van der Waals surface area (Å²) in [6.45, 7) is 2.88. The molecule has 138 valence electrons. The van der Waals surface area contributed by atoms with Crippen LogP contribution >= 0.6 is 0 Å². The van der Waals surface area contributed by atoms with Crippen molar-refractivity contribution < 1.29 is 18.0 Å². The van der Waals surface area contributed by atoms with Gasteiger partial charge in [-0.3, -0.25) is 15.0 Å². The first-order valence-electron chi connectivity index (χ1n) is 8.17. The van der Waals surface area contributed by atoms with E-state index in [4.69, 9.17) is 0 Å². The Hall–Kier alpha value is -1.97. The van der Waals surface area contributed by atoms with Crippen molar-refractivity contribution in [2.75, 3.05) is 20.1 Å². The number of hydrogen-bond donors (Lipinski definition) is 3. The number of carbonyl (C=O) groups excluding carboxylic acids is 2. The van der Waals surface area contributed by atoms with E-state index >= 15 is 0 Å². The molecule has 9 heteroatoms. The van der Waals surface area contributed by atoms with Gasteiger partial charge in [0.15, 0.2) is 0 Å². The Morgan fingerprint density at radius 3 is 2.32 bits per heavy atom. The molecule has 1 aliphatic heterocycles. The SMILES string of the molecule is CNC(=O)NC(=O)C(C)N1CCC(NS(=O)(=O)c2ccccc2)CC1. The van der Waals surface area contributed by atoms with Crippen LogP contribution in [-0.4, -0.2) is 57.5 Å². The van der Waals surface area contributed by atoms with Gasteiger partial charge < -0.3 is 5.32 Å². The minimum atomic E-state index is -3.53. The van der Waals surface area contributed by atoms with Crippen molar-refractivity contribution >= 4 is 22.0 Å². The first-order chi connectivity index (χ1) is 11.8. The van der Waals surface area contributed by atoms with Crippen LogP contribution in [0.1, 0.15) is 19.8 Å². The van der Waals surface area contributed by atoms with Gasteiger partial charge in [0, 0.05) is 26.2 Å². The van der Waals surface area contributed by atoms with Gasteiger partial charge in [-0.05, 0) is 31.9 Å². The largest absolute Gasteiger partial charge is 0.341 e. The topological polar surface area (TPSA) is 108 Å². The van der Waals surface area contributed by atoms with E-state index in [1.807, 2.05) is 4.90 Å². The van der Waals surface area contributed by atoms with Crippen LogP contribution in [0.4, 0.5) is 4.79 Å². The number of benzene rings is 1. The molecule has 1 saturated heterocycles. The zero-order valence-electron chi connectivity index (χ0n) is 14.4. The predicted molar refractivity (Wildman–Crippen MR) is 93.4 cm³/mol. The summed E-state index contributed by atoms with van der Waals surface area (Å²) >= 11 is 0. The summed E-state index contributed by atoms with van der Waals surface area (Å²) < 4.78 is 27.4. The van der Waals surface area contributed by atoms with Gasteiger partial charge in [0.2, 0.25) is 15.9 Å². The molecule has 0 radical (unpaired) electrons. The van der Waals surface area contributed by atoms with Crippen molar-refractivity contribution in [3.05, 3.63) is 30.3 Å². The molecule has 2 rings (SSSR count). The molecule has 0 saturated carbocycles. The maximum absolute atomic E-state index is 12.3. The third-order valence-electron chi connectivity index (χ3n) is 4.30. The normalized spacial score (nSPS) is 17.7. The van der Waals surface area contributed by atoms with E-state index < -0.39 is 22.1 Å². The highest BCUT2D eigenvalue weighted by Crippen LogP contribution is 2.16. The summed E-state index contributed by atoms with van der Waals surface area (Å²) in [4.78, 5) is 25.4. The number of likely N-dealkylation sites (tertiary alicyclic amines) is 1. The quantitative estimate of drug-likeness (QED) is 0.692. The second-order valence-electron chi connectivity index (χ2n) is 5.99. The van der Waals surface area contributed by atoms with Gasteiger partial charge in [-0.1, -0.05) is 18.2 Å². The number of nitrogens with one attached hydrogen (secondary N) is 3. The lowest BCUT2D eigenvalue weighted by molar-refractivity contribution is -0.125. The molecule has 1 aromatic rings. The van der Waals surface area contributed by atoms with Crippen molar-refractivity contribution in [3.8, 4) is 0 Å². The van der Waals surface area contributed by atoms with E-state index in [1.165, 1.54) is 7.05 Å². The number of urea groups is 1. The van der Waals surface area contributed by atoms with Crippen LogP contribution in [0.25, 0.3) is 0 Å². The Bertz CT molecular complexity index is 700. The van der Waals surface area contributed by atoms with Gasteiger partial charge in [-0.25, -0.2) is 17.9 Å². The van der Waals surface area contributed by atoms with Gasteiger partial charge >= 0.3 is 6.03 Å². The van der Waals surface area contributed by atoms with Gasteiger partial charge in [0.25, 0.3) is 0 Å². The van der Waals surface area contributed by atoms with E-state index in [9.17, 15) is 18.0 Å². The van der Waals surface area contributed by atoms with Crippen molar-refractivity contribution in [2.24, 2.45) is 0 Å². The second-order valence-corrected chi connectivity index (χ2v) is 7.70. The zero-order valence-corrected chi connectivity index (χ0v) is 15.2. The summed E-state index contributed by atoms with van der Waals surface area (Å²) in [5.41, 5.74) is 0. The molecule has 8 nitrogen and oxygen atoms in total. The highest BCUT2D eigenvalue weighted by atomic mass is 32.2. The van der Waals surface area contributed by atoms with E-state index in [0.717, 1.165) is 0 Å². The van der Waals surface area contributed by atoms with Gasteiger partial charge in [0.1, 0.15) is 0 Å². The molecule has 3 N–H and O–H groups in total. The maximum atomic E-state index is 12.3. The number of sulfonamides is 1. The summed E-state index contributed by atoms with van der Waals surface area (Å²) in [7, 11) is -2.09. The standard InChI is InChI=1S/C16H24N4O4S/c1-12(15(21)18-16(22)17-2)20-10-8-13(9-11-20)19-25(23,24)14-6-4-3-5-7-14/h3-7,12-13,19H,8-11H2,1-2H3,(H2,17,18,21,22). The third kappa shape index (κ3) is 5.25. The van der Waals surface area contributed by atoms with Gasteiger partial charge in [0.05, 0.1) is 10.9 Å². The van der Waals surface area contributed by atoms with Gasteiger partial charge in [-0.15, -0.1) is 0 Å². The number of carbonyl (C=O) groups is 2. The summed E-state index contributed by atoms with van der Waals surface area (Å²) in [5.74, 6) is -0.373. The number of rotatable bonds is 5. The van der Waals surface area contributed by atoms with E-state index in [2.05, 4.69) is 15.4 Å². The Labute approximate surface area is 148 Å². The molecule has 0 aliphatic carbocycles. The molecule has 0 spiro atoms. The fraction of sp³-hybridized carbons (Fsp3) is 0.500. The fourth-order valence-corrected chi connectivity index (χ4v) is 4.06. The zero-order chi connectivity index (χ0) is 18.4. The Kier molecular flexibility index (Phi) is 6.51. The molecule has 1 fully saturated rings. The molecule has 0 bridgehead atoms. The lowest BCUT2D eigenvalue weighted by Crippen LogP contribution is -2.53. The average Bonchev–Trinajstić information content (AvgIpc) is 2.62. The van der Waals surface area contributed by atoms with E-state index in [0.29, 0.717) is 25.9 Å². The molecule has 0 aromatic heterocycles. The Morgan fingerprint density at radius 1 is 1.16 bits per heavy atom. The minimum Gasteiger partial charge on any atom is -0.341 e. The average molecular weight is 368 g/mol. The fourth-order valence-electron chi connectivity index (χ4n) is 2.74. The second kappa shape index (κ2) is 8.41. The smallest absolute Gasteiger partial charge is 0.321 e.